The van der Waals surface area contributed by atoms with Crippen LogP contribution in [0, 0.1) is 6.92 Å². The smallest absolute Gasteiger partial charge is 0.315 e. The summed E-state index contributed by atoms with van der Waals surface area (Å²) in [7, 11) is 0. The van der Waals surface area contributed by atoms with Gasteiger partial charge in [0.2, 0.25) is 5.91 Å². The van der Waals surface area contributed by atoms with Gasteiger partial charge in [0.1, 0.15) is 6.04 Å². The fraction of sp³-hybridized carbons (Fsp3) is 0.389. The van der Waals surface area contributed by atoms with Gasteiger partial charge in [-0.3, -0.25) is 4.79 Å². The van der Waals surface area contributed by atoms with Crippen LogP contribution in [-0.2, 0) is 11.3 Å². The summed E-state index contributed by atoms with van der Waals surface area (Å²) in [5.74, 6) is -0.0683. The first-order chi connectivity index (χ1) is 12.0. The highest BCUT2D eigenvalue weighted by Crippen LogP contribution is 2.21. The Labute approximate surface area is 147 Å². The lowest BCUT2D eigenvalue weighted by atomic mass is 10.2. The molecule has 2 aromatic rings. The number of nitrogens with zero attached hydrogens (tertiary/aromatic N) is 3. The topological polar surface area (TPSA) is 79.3 Å². The van der Waals surface area contributed by atoms with Gasteiger partial charge in [0.05, 0.1) is 6.33 Å². The van der Waals surface area contributed by atoms with Gasteiger partial charge in [0.25, 0.3) is 0 Å². The summed E-state index contributed by atoms with van der Waals surface area (Å²) < 4.78 is 1.89. The number of carbonyl (C=O) groups is 2. The molecule has 0 saturated carbocycles. The van der Waals surface area contributed by atoms with E-state index in [4.69, 9.17) is 0 Å². The molecule has 25 heavy (non-hydrogen) atoms. The van der Waals surface area contributed by atoms with Crippen LogP contribution in [0.15, 0.2) is 43.0 Å². The Morgan fingerprint density at radius 1 is 1.36 bits per heavy atom. The quantitative estimate of drug-likeness (QED) is 0.868. The zero-order valence-corrected chi connectivity index (χ0v) is 14.5. The van der Waals surface area contributed by atoms with Crippen molar-refractivity contribution in [2.75, 3.05) is 11.4 Å². The van der Waals surface area contributed by atoms with Crippen LogP contribution in [0.5, 0.6) is 0 Å². The van der Waals surface area contributed by atoms with Crippen molar-refractivity contribution in [3.05, 3.63) is 48.5 Å². The van der Waals surface area contributed by atoms with Crippen LogP contribution in [0.25, 0.3) is 0 Å². The molecule has 0 aliphatic carbocycles. The Morgan fingerprint density at radius 2 is 2.12 bits per heavy atom. The average Bonchev–Trinajstić information content (AvgIpc) is 3.19. The number of amides is 3. The molecule has 3 rings (SSSR count). The number of anilines is 1. The van der Waals surface area contributed by atoms with Gasteiger partial charge in [0, 0.05) is 37.2 Å². The molecule has 0 bridgehead atoms. The lowest BCUT2D eigenvalue weighted by Crippen LogP contribution is -2.49. The lowest BCUT2D eigenvalue weighted by Gasteiger charge is -2.19. The number of hydrogen-bond donors (Lipinski definition) is 2. The van der Waals surface area contributed by atoms with Crippen molar-refractivity contribution in [2.45, 2.75) is 38.9 Å². The van der Waals surface area contributed by atoms with E-state index in [0.29, 0.717) is 19.5 Å². The molecule has 0 radical (unpaired) electrons. The third kappa shape index (κ3) is 4.17. The number of benzene rings is 1. The number of urea groups is 1. The van der Waals surface area contributed by atoms with E-state index in [1.165, 1.54) is 0 Å². The van der Waals surface area contributed by atoms with E-state index in [1.54, 1.807) is 17.4 Å². The molecule has 3 amide bonds. The van der Waals surface area contributed by atoms with Crippen LogP contribution in [0.4, 0.5) is 10.5 Å². The van der Waals surface area contributed by atoms with Crippen molar-refractivity contribution in [1.29, 1.82) is 0 Å². The Balaban J connectivity index is 1.52. The predicted octanol–water partition coefficient (Wildman–Crippen LogP) is 1.68. The van der Waals surface area contributed by atoms with Gasteiger partial charge in [-0.05, 0) is 32.4 Å². The SMILES string of the molecule is Cc1ccc(N2CC[C@H](NC(=O)N[C@H](C)Cn3ccnc3)C2=O)cc1. The van der Waals surface area contributed by atoms with E-state index in [2.05, 4.69) is 15.6 Å². The number of hydrogen-bond acceptors (Lipinski definition) is 3. The first-order valence-electron chi connectivity index (χ1n) is 8.44. The van der Waals surface area contributed by atoms with Gasteiger partial charge in [-0.2, -0.15) is 0 Å². The zero-order valence-electron chi connectivity index (χ0n) is 14.5. The van der Waals surface area contributed by atoms with Crippen LogP contribution in [0.2, 0.25) is 0 Å². The van der Waals surface area contributed by atoms with E-state index in [9.17, 15) is 9.59 Å². The highest BCUT2D eigenvalue weighted by atomic mass is 16.2. The fourth-order valence-electron chi connectivity index (χ4n) is 2.98. The van der Waals surface area contributed by atoms with Crippen molar-refractivity contribution in [3.63, 3.8) is 0 Å². The summed E-state index contributed by atoms with van der Waals surface area (Å²) in [6.07, 6.45) is 5.85. The normalized spacial score (nSPS) is 18.2. The molecule has 2 atom stereocenters. The molecule has 2 heterocycles. The van der Waals surface area contributed by atoms with E-state index in [1.807, 2.05) is 48.9 Å². The Bertz CT molecular complexity index is 726. The largest absolute Gasteiger partial charge is 0.335 e. The van der Waals surface area contributed by atoms with E-state index in [0.717, 1.165) is 11.3 Å². The van der Waals surface area contributed by atoms with Crippen LogP contribution in [0.3, 0.4) is 0 Å². The number of nitrogens with one attached hydrogen (secondary N) is 2. The highest BCUT2D eigenvalue weighted by molar-refractivity contribution is 6.01. The minimum absolute atomic E-state index is 0.0683. The van der Waals surface area contributed by atoms with Crippen LogP contribution in [0.1, 0.15) is 18.9 Å². The maximum Gasteiger partial charge on any atom is 0.315 e. The lowest BCUT2D eigenvalue weighted by molar-refractivity contribution is -0.118. The number of aryl methyl sites for hydroxylation is 1. The van der Waals surface area contributed by atoms with Gasteiger partial charge >= 0.3 is 6.03 Å². The Hall–Kier alpha value is -2.83. The summed E-state index contributed by atoms with van der Waals surface area (Å²) in [5.41, 5.74) is 2.02. The Morgan fingerprint density at radius 3 is 2.80 bits per heavy atom. The Kier molecular flexibility index (Phi) is 5.02. The summed E-state index contributed by atoms with van der Waals surface area (Å²) in [4.78, 5) is 30.4. The molecule has 132 valence electrons. The van der Waals surface area contributed by atoms with Gasteiger partial charge in [0.15, 0.2) is 0 Å². The maximum atomic E-state index is 12.5. The number of rotatable bonds is 5. The minimum Gasteiger partial charge on any atom is -0.335 e. The minimum atomic E-state index is -0.484. The number of imidazole rings is 1. The van der Waals surface area contributed by atoms with Crippen molar-refractivity contribution >= 4 is 17.6 Å². The second-order valence-electron chi connectivity index (χ2n) is 6.45. The van der Waals surface area contributed by atoms with Gasteiger partial charge < -0.3 is 20.1 Å². The molecule has 7 heteroatoms. The molecule has 7 nitrogen and oxygen atoms in total. The molecule has 1 aliphatic heterocycles. The van der Waals surface area contributed by atoms with Crippen molar-refractivity contribution in [3.8, 4) is 0 Å². The molecule has 0 spiro atoms. The van der Waals surface area contributed by atoms with Gasteiger partial charge in [-0.15, -0.1) is 0 Å². The van der Waals surface area contributed by atoms with Gasteiger partial charge in [-0.25, -0.2) is 9.78 Å². The highest BCUT2D eigenvalue weighted by Gasteiger charge is 2.33. The molecule has 1 aliphatic rings. The second kappa shape index (κ2) is 7.38. The summed E-state index contributed by atoms with van der Waals surface area (Å²) in [6.45, 7) is 5.16. The molecule has 1 aromatic heterocycles. The standard InChI is InChI=1S/C18H23N5O2/c1-13-3-5-15(6-4-13)23-9-7-16(17(23)24)21-18(25)20-14(2)11-22-10-8-19-12-22/h3-6,8,10,12,14,16H,7,9,11H2,1-2H3,(H2,20,21,25)/t14-,16+/m1/s1. The summed E-state index contributed by atoms with van der Waals surface area (Å²) in [5, 5.41) is 5.64. The van der Waals surface area contributed by atoms with Crippen LogP contribution < -0.4 is 15.5 Å². The predicted molar refractivity (Wildman–Crippen MR) is 95.3 cm³/mol. The number of aromatic nitrogens is 2. The van der Waals surface area contributed by atoms with Crippen molar-refractivity contribution < 1.29 is 9.59 Å². The molecule has 1 aromatic carbocycles. The summed E-state index contributed by atoms with van der Waals surface area (Å²) >= 11 is 0. The molecule has 1 saturated heterocycles. The maximum absolute atomic E-state index is 12.5. The third-order valence-electron chi connectivity index (χ3n) is 4.28. The first-order valence-corrected chi connectivity index (χ1v) is 8.44. The molecular weight excluding hydrogens is 318 g/mol. The van der Waals surface area contributed by atoms with E-state index in [-0.39, 0.29) is 18.0 Å². The monoisotopic (exact) mass is 341 g/mol. The van der Waals surface area contributed by atoms with Crippen molar-refractivity contribution in [1.82, 2.24) is 20.2 Å². The van der Waals surface area contributed by atoms with Crippen LogP contribution in [-0.4, -0.2) is 40.1 Å². The molecule has 0 unspecified atom stereocenters. The third-order valence-corrected chi connectivity index (χ3v) is 4.28. The zero-order chi connectivity index (χ0) is 17.8. The molecule has 1 fully saturated rings. The van der Waals surface area contributed by atoms with Crippen LogP contribution >= 0.6 is 0 Å². The molecule has 2 N–H and O–H groups in total. The van der Waals surface area contributed by atoms with Gasteiger partial charge in [-0.1, -0.05) is 17.7 Å². The molecular formula is C18H23N5O2. The summed E-state index contributed by atoms with van der Waals surface area (Å²) in [6, 6.07) is 6.95. The average molecular weight is 341 g/mol. The first kappa shape index (κ1) is 17.0. The second-order valence-corrected chi connectivity index (χ2v) is 6.45. The fourth-order valence-corrected chi connectivity index (χ4v) is 2.98. The number of carbonyl (C=O) groups excluding carboxylic acids is 2. The van der Waals surface area contributed by atoms with Crippen molar-refractivity contribution in [2.24, 2.45) is 0 Å². The van der Waals surface area contributed by atoms with E-state index >= 15 is 0 Å². The van der Waals surface area contributed by atoms with E-state index < -0.39 is 6.04 Å².